The van der Waals surface area contributed by atoms with Gasteiger partial charge in [0, 0.05) is 17.2 Å². The number of ether oxygens (including phenoxy) is 1. The first-order valence-electron chi connectivity index (χ1n) is 4.24. The highest BCUT2D eigenvalue weighted by Crippen LogP contribution is 2.17. The van der Waals surface area contributed by atoms with Crippen LogP contribution in [0, 0.1) is 5.21 Å². The Bertz CT molecular complexity index is 393. The zero-order valence-electron chi connectivity index (χ0n) is 8.01. The highest BCUT2D eigenvalue weighted by molar-refractivity contribution is 6.30. The van der Waals surface area contributed by atoms with Crippen LogP contribution in [0.2, 0.25) is 5.02 Å². The molecule has 0 unspecified atom stereocenters. The normalized spacial score (nSPS) is 11.2. The van der Waals surface area contributed by atoms with E-state index in [0.29, 0.717) is 5.02 Å². The number of rotatable bonds is 2. The highest BCUT2D eigenvalue weighted by Gasteiger charge is 2.08. The molecule has 6 heteroatoms. The van der Waals surface area contributed by atoms with E-state index in [0.717, 1.165) is 0 Å². The molecular weight excluding hydrogens is 220 g/mol. The molecule has 0 saturated heterocycles. The van der Waals surface area contributed by atoms with Crippen LogP contribution in [0.1, 0.15) is 6.92 Å². The van der Waals surface area contributed by atoms with Gasteiger partial charge in [0.2, 0.25) is 5.69 Å². The summed E-state index contributed by atoms with van der Waals surface area (Å²) in [6, 6.07) is 6.09. The molecule has 0 spiro atoms. The highest BCUT2D eigenvalue weighted by atomic mass is 35.5. The first kappa shape index (κ1) is 11.5. The average molecular weight is 229 g/mol. The zero-order valence-corrected chi connectivity index (χ0v) is 8.77. The Labute approximate surface area is 91.5 Å². The predicted octanol–water partition coefficient (Wildman–Crippen LogP) is 3.09. The molecule has 15 heavy (non-hydrogen) atoms. The lowest BCUT2D eigenvalue weighted by Gasteiger charge is -1.99. The molecule has 80 valence electrons. The Hall–Kier alpha value is -1.62. The van der Waals surface area contributed by atoms with Gasteiger partial charge in [-0.2, -0.15) is 0 Å². The van der Waals surface area contributed by atoms with E-state index >= 15 is 0 Å². The van der Waals surface area contributed by atoms with Crippen LogP contribution in [0.5, 0.6) is 0 Å². The summed E-state index contributed by atoms with van der Waals surface area (Å²) in [4.78, 5) is 11.0. The van der Waals surface area contributed by atoms with E-state index in [9.17, 15) is 10.0 Å². The second kappa shape index (κ2) is 5.31. The zero-order chi connectivity index (χ0) is 11.3. The fourth-order valence-electron chi connectivity index (χ4n) is 0.879. The molecule has 0 aliphatic heterocycles. The number of azo groups is 1. The van der Waals surface area contributed by atoms with E-state index < -0.39 is 6.09 Å². The third kappa shape index (κ3) is 3.55. The summed E-state index contributed by atoms with van der Waals surface area (Å²) in [6.07, 6.45) is -0.924. The maximum absolute atomic E-state index is 11.3. The molecule has 0 aliphatic rings. The van der Waals surface area contributed by atoms with E-state index in [4.69, 9.17) is 11.6 Å². The quantitative estimate of drug-likeness (QED) is 0.444. The van der Waals surface area contributed by atoms with Gasteiger partial charge in [-0.15, -0.1) is 0 Å². The molecule has 0 saturated carbocycles. The Kier molecular flexibility index (Phi) is 4.05. The topological polar surface area (TPSA) is 64.7 Å². The van der Waals surface area contributed by atoms with Crippen LogP contribution in [0.4, 0.5) is 10.5 Å². The van der Waals surface area contributed by atoms with Crippen molar-refractivity contribution in [2.45, 2.75) is 6.92 Å². The third-order valence-corrected chi connectivity index (χ3v) is 1.70. The van der Waals surface area contributed by atoms with E-state index in [2.05, 4.69) is 9.85 Å². The Morgan fingerprint density at radius 3 is 3.00 bits per heavy atom. The van der Waals surface area contributed by atoms with Crippen LogP contribution in [-0.2, 0) is 4.74 Å². The molecule has 1 rings (SSSR count). The molecule has 0 bridgehead atoms. The van der Waals surface area contributed by atoms with Crippen LogP contribution in [0.25, 0.3) is 0 Å². The molecule has 0 fully saturated rings. The van der Waals surface area contributed by atoms with Crippen molar-refractivity contribution < 1.29 is 14.4 Å². The van der Waals surface area contributed by atoms with Gasteiger partial charge in [0.15, 0.2) is 0 Å². The minimum absolute atomic E-state index is 0.171. The Balaban J connectivity index is 2.84. The lowest BCUT2D eigenvalue weighted by molar-refractivity contribution is -0.436. The van der Waals surface area contributed by atoms with Crippen molar-refractivity contribution in [2.24, 2.45) is 5.11 Å². The molecular formula is C9H9ClN2O3. The monoisotopic (exact) mass is 228 g/mol. The largest absolute Gasteiger partial charge is 0.594 e. The number of halogens is 1. The standard InChI is InChI=1S/C9H9ClN2O3/c1-2-15-9(13)11-12(14)8-5-3-4-7(10)6-8/h3-6H,2H2,1H3. The van der Waals surface area contributed by atoms with E-state index in [1.165, 1.54) is 12.1 Å². The SMILES string of the molecule is CCOC(=O)N=[N+]([O-])c1cccc(Cl)c1. The van der Waals surface area contributed by atoms with Crippen molar-refractivity contribution in [1.29, 1.82) is 0 Å². The molecule has 5 nitrogen and oxygen atoms in total. The lowest BCUT2D eigenvalue weighted by atomic mass is 10.3. The van der Waals surface area contributed by atoms with Crippen molar-refractivity contribution in [3.8, 4) is 0 Å². The molecule has 0 heterocycles. The van der Waals surface area contributed by atoms with Gasteiger partial charge in [0.25, 0.3) is 0 Å². The number of carbonyl (C=O) groups is 1. The minimum atomic E-state index is -0.924. The van der Waals surface area contributed by atoms with E-state index in [1.807, 2.05) is 0 Å². The maximum atomic E-state index is 11.3. The number of carbonyl (C=O) groups excluding carboxylic acids is 1. The van der Waals surface area contributed by atoms with Crippen molar-refractivity contribution in [3.05, 3.63) is 34.5 Å². The Morgan fingerprint density at radius 1 is 1.67 bits per heavy atom. The third-order valence-electron chi connectivity index (χ3n) is 1.47. The molecule has 1 aromatic carbocycles. The fourth-order valence-corrected chi connectivity index (χ4v) is 1.06. The molecule has 0 aromatic heterocycles. The van der Waals surface area contributed by atoms with Crippen LogP contribution < -0.4 is 0 Å². The average Bonchev–Trinajstić information content (AvgIpc) is 2.18. The summed E-state index contributed by atoms with van der Waals surface area (Å²) in [5.41, 5.74) is 0.176. The van der Waals surface area contributed by atoms with E-state index in [-0.39, 0.29) is 17.2 Å². The maximum Gasteiger partial charge on any atom is 0.492 e. The smallest absolute Gasteiger partial charge is 0.492 e. The molecule has 0 aliphatic carbocycles. The fraction of sp³-hybridized carbons (Fsp3) is 0.222. The number of hydrogen-bond acceptors (Lipinski definition) is 3. The second-order valence-electron chi connectivity index (χ2n) is 2.55. The lowest BCUT2D eigenvalue weighted by Crippen LogP contribution is -2.02. The molecule has 0 atom stereocenters. The van der Waals surface area contributed by atoms with Crippen LogP contribution in [-0.4, -0.2) is 17.6 Å². The van der Waals surface area contributed by atoms with Gasteiger partial charge < -0.3 is 9.94 Å². The van der Waals surface area contributed by atoms with E-state index in [1.54, 1.807) is 19.1 Å². The minimum Gasteiger partial charge on any atom is -0.594 e. The summed E-state index contributed by atoms with van der Waals surface area (Å²) >= 11 is 5.66. The summed E-state index contributed by atoms with van der Waals surface area (Å²) in [6.45, 7) is 1.80. The summed E-state index contributed by atoms with van der Waals surface area (Å²) in [5, 5.41) is 14.8. The van der Waals surface area contributed by atoms with Crippen molar-refractivity contribution >= 4 is 23.4 Å². The van der Waals surface area contributed by atoms with Gasteiger partial charge >= 0.3 is 6.09 Å². The summed E-state index contributed by atoms with van der Waals surface area (Å²) < 4.78 is 4.48. The van der Waals surface area contributed by atoms with Gasteiger partial charge in [-0.3, -0.25) is 0 Å². The first-order chi connectivity index (χ1) is 7.13. The summed E-state index contributed by atoms with van der Waals surface area (Å²) in [7, 11) is 0. The number of amides is 1. The number of benzene rings is 1. The van der Waals surface area contributed by atoms with Crippen LogP contribution >= 0.6 is 11.6 Å². The van der Waals surface area contributed by atoms with Crippen LogP contribution in [0.3, 0.4) is 0 Å². The second-order valence-corrected chi connectivity index (χ2v) is 2.99. The number of nitrogens with zero attached hydrogens (tertiary/aromatic N) is 2. The predicted molar refractivity (Wildman–Crippen MR) is 54.2 cm³/mol. The first-order valence-corrected chi connectivity index (χ1v) is 4.62. The molecule has 1 amide bonds. The van der Waals surface area contributed by atoms with Gasteiger partial charge in [-0.05, 0) is 17.9 Å². The molecule has 0 N–H and O–H groups in total. The van der Waals surface area contributed by atoms with Crippen LogP contribution in [0.15, 0.2) is 29.4 Å². The van der Waals surface area contributed by atoms with Gasteiger partial charge in [0.1, 0.15) is 0 Å². The van der Waals surface area contributed by atoms with Gasteiger partial charge in [0.05, 0.1) is 11.7 Å². The van der Waals surface area contributed by atoms with Crippen molar-refractivity contribution in [3.63, 3.8) is 0 Å². The summed E-state index contributed by atoms with van der Waals surface area (Å²) in [5.74, 6) is 0. The van der Waals surface area contributed by atoms with Crippen molar-refractivity contribution in [1.82, 2.24) is 0 Å². The Morgan fingerprint density at radius 2 is 2.40 bits per heavy atom. The van der Waals surface area contributed by atoms with Crippen molar-refractivity contribution in [2.75, 3.05) is 6.61 Å². The van der Waals surface area contributed by atoms with Gasteiger partial charge in [-0.25, -0.2) is 4.79 Å². The molecule has 0 radical (unpaired) electrons. The molecule has 1 aromatic rings. The number of hydrogen-bond donors (Lipinski definition) is 0. The van der Waals surface area contributed by atoms with Gasteiger partial charge in [-0.1, -0.05) is 17.7 Å².